The number of nitrogens with zero attached hydrogens (tertiary/aromatic N) is 1. The van der Waals surface area contributed by atoms with E-state index in [1.165, 1.54) is 36.8 Å². The quantitative estimate of drug-likeness (QED) is 0.897. The van der Waals surface area contributed by atoms with E-state index >= 15 is 0 Å². The van der Waals surface area contributed by atoms with Crippen molar-refractivity contribution in [1.82, 2.24) is 10.2 Å². The number of morpholine rings is 1. The van der Waals surface area contributed by atoms with E-state index in [4.69, 9.17) is 4.74 Å². The molecule has 4 heteroatoms. The Labute approximate surface area is 132 Å². The Kier molecular flexibility index (Phi) is 5.46. The maximum Gasteiger partial charge on any atom is 0.224 e. The van der Waals surface area contributed by atoms with Gasteiger partial charge in [0.1, 0.15) is 0 Å². The minimum atomic E-state index is 0.129. The first-order valence-electron chi connectivity index (χ1n) is 8.49. The zero-order valence-corrected chi connectivity index (χ0v) is 13.3. The third-order valence-corrected chi connectivity index (χ3v) is 4.63. The third kappa shape index (κ3) is 4.31. The van der Waals surface area contributed by atoms with E-state index in [9.17, 15) is 4.79 Å². The summed E-state index contributed by atoms with van der Waals surface area (Å²) in [6.45, 7) is 5.20. The molecule has 1 aromatic rings. The van der Waals surface area contributed by atoms with Gasteiger partial charge in [0.05, 0.1) is 19.6 Å². The van der Waals surface area contributed by atoms with E-state index in [0.717, 1.165) is 45.0 Å². The van der Waals surface area contributed by atoms with Crippen LogP contribution in [0.5, 0.6) is 0 Å². The first-order chi connectivity index (χ1) is 10.8. The molecule has 3 rings (SSSR count). The van der Waals surface area contributed by atoms with Crippen molar-refractivity contribution >= 4 is 5.91 Å². The zero-order valence-electron chi connectivity index (χ0n) is 13.3. The van der Waals surface area contributed by atoms with Crippen molar-refractivity contribution in [1.29, 1.82) is 0 Å². The monoisotopic (exact) mass is 302 g/mol. The molecule has 2 aliphatic rings. The van der Waals surface area contributed by atoms with Gasteiger partial charge in [-0.3, -0.25) is 9.69 Å². The van der Waals surface area contributed by atoms with Gasteiger partial charge in [-0.1, -0.05) is 18.2 Å². The van der Waals surface area contributed by atoms with Crippen LogP contribution in [0.1, 0.15) is 29.5 Å². The van der Waals surface area contributed by atoms with Crippen LogP contribution in [0.4, 0.5) is 0 Å². The number of benzene rings is 1. The molecule has 1 aliphatic carbocycles. The van der Waals surface area contributed by atoms with Crippen molar-refractivity contribution in [3.63, 3.8) is 0 Å². The van der Waals surface area contributed by atoms with Crippen LogP contribution >= 0.6 is 0 Å². The van der Waals surface area contributed by atoms with Crippen molar-refractivity contribution in [3.8, 4) is 0 Å². The molecular formula is C18H26N2O2. The number of carbonyl (C=O) groups is 1. The molecule has 0 aromatic heterocycles. The molecule has 22 heavy (non-hydrogen) atoms. The molecule has 0 unspecified atom stereocenters. The lowest BCUT2D eigenvalue weighted by atomic mass is 9.90. The highest BCUT2D eigenvalue weighted by atomic mass is 16.5. The fourth-order valence-corrected chi connectivity index (χ4v) is 3.32. The van der Waals surface area contributed by atoms with Gasteiger partial charge in [-0.25, -0.2) is 0 Å². The second-order valence-corrected chi connectivity index (χ2v) is 6.29. The smallest absolute Gasteiger partial charge is 0.224 e. The lowest BCUT2D eigenvalue weighted by Gasteiger charge is -2.26. The molecule has 0 radical (unpaired) electrons. The van der Waals surface area contributed by atoms with Gasteiger partial charge in [-0.2, -0.15) is 0 Å². The second kappa shape index (κ2) is 7.75. The number of nitrogens with one attached hydrogen (secondary N) is 1. The van der Waals surface area contributed by atoms with Crippen LogP contribution in [0.25, 0.3) is 0 Å². The lowest BCUT2D eigenvalue weighted by molar-refractivity contribution is -0.120. The average Bonchev–Trinajstić information content (AvgIpc) is 2.56. The largest absolute Gasteiger partial charge is 0.379 e. The molecule has 1 N–H and O–H groups in total. The van der Waals surface area contributed by atoms with Gasteiger partial charge in [-0.15, -0.1) is 0 Å². The molecule has 1 aliphatic heterocycles. The predicted molar refractivity (Wildman–Crippen MR) is 87.1 cm³/mol. The van der Waals surface area contributed by atoms with Gasteiger partial charge >= 0.3 is 0 Å². The van der Waals surface area contributed by atoms with Crippen LogP contribution < -0.4 is 5.32 Å². The molecule has 1 amide bonds. The number of carbonyl (C=O) groups excluding carboxylic acids is 1. The van der Waals surface area contributed by atoms with E-state index in [2.05, 4.69) is 28.4 Å². The molecule has 1 aromatic carbocycles. The van der Waals surface area contributed by atoms with Crippen LogP contribution in [0.15, 0.2) is 18.2 Å². The summed E-state index contributed by atoms with van der Waals surface area (Å²) in [5, 5.41) is 3.04. The van der Waals surface area contributed by atoms with Crippen LogP contribution in [0.2, 0.25) is 0 Å². The molecule has 1 saturated heterocycles. The number of ether oxygens (including phenoxy) is 1. The Morgan fingerprint density at radius 3 is 2.73 bits per heavy atom. The summed E-state index contributed by atoms with van der Waals surface area (Å²) in [7, 11) is 0. The SMILES string of the molecule is O=C(Cc1ccc2c(c1)CCCC2)NCCN1CCOCC1. The normalized spacial score (nSPS) is 18.7. The summed E-state index contributed by atoms with van der Waals surface area (Å²) < 4.78 is 5.32. The Balaban J connectivity index is 1.43. The van der Waals surface area contributed by atoms with Crippen molar-refractivity contribution in [3.05, 3.63) is 34.9 Å². The highest BCUT2D eigenvalue weighted by Crippen LogP contribution is 2.22. The van der Waals surface area contributed by atoms with Gasteiger partial charge in [0.25, 0.3) is 0 Å². The number of rotatable bonds is 5. The average molecular weight is 302 g/mol. The van der Waals surface area contributed by atoms with Crippen molar-refractivity contribution in [2.24, 2.45) is 0 Å². The van der Waals surface area contributed by atoms with Gasteiger partial charge in [0.15, 0.2) is 0 Å². The first-order valence-corrected chi connectivity index (χ1v) is 8.49. The van der Waals surface area contributed by atoms with E-state index in [0.29, 0.717) is 6.42 Å². The molecule has 0 spiro atoms. The first kappa shape index (κ1) is 15.5. The van der Waals surface area contributed by atoms with Gasteiger partial charge in [0.2, 0.25) is 5.91 Å². The van der Waals surface area contributed by atoms with Crippen LogP contribution in [0, 0.1) is 0 Å². The predicted octanol–water partition coefficient (Wildman–Crippen LogP) is 1.56. The molecule has 0 atom stereocenters. The lowest BCUT2D eigenvalue weighted by Crippen LogP contribution is -2.41. The van der Waals surface area contributed by atoms with Crippen LogP contribution in [-0.2, 0) is 28.8 Å². The summed E-state index contributed by atoms with van der Waals surface area (Å²) in [6.07, 6.45) is 5.44. The molecule has 0 saturated carbocycles. The summed E-state index contributed by atoms with van der Waals surface area (Å²) in [6, 6.07) is 6.56. The topological polar surface area (TPSA) is 41.6 Å². The molecular weight excluding hydrogens is 276 g/mol. The Morgan fingerprint density at radius 2 is 1.91 bits per heavy atom. The fraction of sp³-hybridized carbons (Fsp3) is 0.611. The van der Waals surface area contributed by atoms with Crippen molar-refractivity contribution < 1.29 is 9.53 Å². The molecule has 1 fully saturated rings. The second-order valence-electron chi connectivity index (χ2n) is 6.29. The summed E-state index contributed by atoms with van der Waals surface area (Å²) >= 11 is 0. The highest BCUT2D eigenvalue weighted by molar-refractivity contribution is 5.78. The Hall–Kier alpha value is -1.39. The van der Waals surface area contributed by atoms with E-state index in [1.807, 2.05) is 0 Å². The Bertz CT molecular complexity index is 510. The maximum atomic E-state index is 12.1. The molecule has 120 valence electrons. The summed E-state index contributed by atoms with van der Waals surface area (Å²) in [5.41, 5.74) is 4.07. The van der Waals surface area contributed by atoms with Gasteiger partial charge in [-0.05, 0) is 42.4 Å². The fourth-order valence-electron chi connectivity index (χ4n) is 3.32. The number of fused-ring (bicyclic) bond motifs is 1. The van der Waals surface area contributed by atoms with Crippen molar-refractivity contribution in [2.75, 3.05) is 39.4 Å². The number of hydrogen-bond acceptors (Lipinski definition) is 3. The summed E-state index contributed by atoms with van der Waals surface area (Å²) in [4.78, 5) is 14.4. The summed E-state index contributed by atoms with van der Waals surface area (Å²) in [5.74, 6) is 0.129. The molecule has 0 bridgehead atoms. The van der Waals surface area contributed by atoms with Crippen LogP contribution in [-0.4, -0.2) is 50.2 Å². The molecule has 4 nitrogen and oxygen atoms in total. The zero-order chi connectivity index (χ0) is 15.2. The molecule has 1 heterocycles. The van der Waals surface area contributed by atoms with Gasteiger partial charge in [0, 0.05) is 26.2 Å². The number of hydrogen-bond donors (Lipinski definition) is 1. The van der Waals surface area contributed by atoms with Gasteiger partial charge < -0.3 is 10.1 Å². The van der Waals surface area contributed by atoms with E-state index < -0.39 is 0 Å². The van der Waals surface area contributed by atoms with Crippen molar-refractivity contribution in [2.45, 2.75) is 32.1 Å². The number of amides is 1. The minimum Gasteiger partial charge on any atom is -0.379 e. The highest BCUT2D eigenvalue weighted by Gasteiger charge is 2.12. The maximum absolute atomic E-state index is 12.1. The third-order valence-electron chi connectivity index (χ3n) is 4.63. The standard InChI is InChI=1S/C18H26N2O2/c21-18(19-7-8-20-9-11-22-12-10-20)14-15-5-6-16-3-1-2-4-17(16)13-15/h5-6,13H,1-4,7-12,14H2,(H,19,21). The van der Waals surface area contributed by atoms with E-state index in [-0.39, 0.29) is 5.91 Å². The van der Waals surface area contributed by atoms with E-state index in [1.54, 1.807) is 0 Å². The Morgan fingerprint density at radius 1 is 1.14 bits per heavy atom. The number of aryl methyl sites for hydroxylation is 2. The van der Waals surface area contributed by atoms with Crippen LogP contribution in [0.3, 0.4) is 0 Å². The minimum absolute atomic E-state index is 0.129.